The third-order valence-electron chi connectivity index (χ3n) is 4.53. The first-order valence-electron chi connectivity index (χ1n) is 8.24. The van der Waals surface area contributed by atoms with Gasteiger partial charge in [-0.3, -0.25) is 4.79 Å². The van der Waals surface area contributed by atoms with Gasteiger partial charge in [0, 0.05) is 18.7 Å². The quantitative estimate of drug-likeness (QED) is 0.884. The molecular formula is C17H22Cl2N2O3. The molecular weight excluding hydrogens is 351 g/mol. The van der Waals surface area contributed by atoms with E-state index in [0.717, 1.165) is 25.9 Å². The third-order valence-corrected chi connectivity index (χ3v) is 5.27. The summed E-state index contributed by atoms with van der Waals surface area (Å²) in [5.74, 6) is -0.168. The van der Waals surface area contributed by atoms with Gasteiger partial charge in [-0.05, 0) is 44.1 Å². The summed E-state index contributed by atoms with van der Waals surface area (Å²) in [4.78, 5) is 16.7. The molecule has 2 heterocycles. The van der Waals surface area contributed by atoms with Gasteiger partial charge in [0.15, 0.2) is 0 Å². The maximum absolute atomic E-state index is 12.8. The minimum atomic E-state index is -1.05. The second-order valence-electron chi connectivity index (χ2n) is 6.62. The van der Waals surface area contributed by atoms with Crippen LogP contribution in [-0.4, -0.2) is 72.4 Å². The van der Waals surface area contributed by atoms with Crippen molar-refractivity contribution in [3.63, 3.8) is 0 Å². The van der Waals surface area contributed by atoms with Crippen LogP contribution in [-0.2, 0) is 4.74 Å². The highest BCUT2D eigenvalue weighted by Crippen LogP contribution is 2.24. The molecule has 0 aliphatic carbocycles. The summed E-state index contributed by atoms with van der Waals surface area (Å²) in [6.07, 6.45) is 2.31. The zero-order chi connectivity index (χ0) is 17.2. The minimum Gasteiger partial charge on any atom is -0.384 e. The van der Waals surface area contributed by atoms with Crippen LogP contribution in [0, 0.1) is 0 Å². The summed E-state index contributed by atoms with van der Waals surface area (Å²) in [7, 11) is 0. The lowest BCUT2D eigenvalue weighted by atomic mass is 10.0. The Bertz CT molecular complexity index is 607. The standard InChI is InChI=1S/C17H22Cl2N2O3/c18-14-4-3-13(9-15(14)19)16(22)21-7-8-24-12-17(23,11-21)10-20-5-1-2-6-20/h3-4,9,23H,1-2,5-8,10-12H2/t17-/m1/s1. The zero-order valence-electron chi connectivity index (χ0n) is 13.5. The number of rotatable bonds is 3. The normalized spacial score (nSPS) is 25.7. The van der Waals surface area contributed by atoms with Crippen molar-refractivity contribution in [1.29, 1.82) is 0 Å². The fourth-order valence-electron chi connectivity index (χ4n) is 3.35. The van der Waals surface area contributed by atoms with E-state index < -0.39 is 5.60 Å². The van der Waals surface area contributed by atoms with E-state index in [-0.39, 0.29) is 19.1 Å². The number of aliphatic hydroxyl groups is 1. The van der Waals surface area contributed by atoms with Crippen molar-refractivity contribution in [2.75, 3.05) is 45.9 Å². The molecule has 2 aliphatic heterocycles. The number of β-amino-alcohol motifs (C(OH)–C–C–N with tert-alkyl or cyclic N) is 1. The summed E-state index contributed by atoms with van der Waals surface area (Å²) in [6.45, 7) is 3.86. The number of hydrogen-bond donors (Lipinski definition) is 1. The van der Waals surface area contributed by atoms with Gasteiger partial charge in [-0.2, -0.15) is 0 Å². The molecule has 7 heteroatoms. The van der Waals surface area contributed by atoms with Gasteiger partial charge in [-0.1, -0.05) is 23.2 Å². The van der Waals surface area contributed by atoms with Crippen LogP contribution in [0.15, 0.2) is 18.2 Å². The molecule has 1 atom stereocenters. The van der Waals surface area contributed by atoms with Crippen LogP contribution in [0.5, 0.6) is 0 Å². The van der Waals surface area contributed by atoms with Gasteiger partial charge in [0.05, 0.1) is 29.8 Å². The minimum absolute atomic E-state index is 0.168. The van der Waals surface area contributed by atoms with Crippen molar-refractivity contribution in [2.45, 2.75) is 18.4 Å². The van der Waals surface area contributed by atoms with E-state index in [9.17, 15) is 9.90 Å². The smallest absolute Gasteiger partial charge is 0.254 e. The number of carbonyl (C=O) groups excluding carboxylic acids is 1. The molecule has 5 nitrogen and oxygen atoms in total. The highest BCUT2D eigenvalue weighted by atomic mass is 35.5. The first-order chi connectivity index (χ1) is 11.5. The molecule has 0 radical (unpaired) electrons. The molecule has 2 fully saturated rings. The SMILES string of the molecule is O=C(c1ccc(Cl)c(Cl)c1)N1CCOC[C@@](O)(CN2CCCC2)C1. The maximum atomic E-state index is 12.8. The predicted molar refractivity (Wildman–Crippen MR) is 93.8 cm³/mol. The average molecular weight is 373 g/mol. The summed E-state index contributed by atoms with van der Waals surface area (Å²) >= 11 is 11.9. The number of halogens is 2. The van der Waals surface area contributed by atoms with Crippen LogP contribution in [0.3, 0.4) is 0 Å². The molecule has 0 aromatic heterocycles. The van der Waals surface area contributed by atoms with Crippen LogP contribution in [0.25, 0.3) is 0 Å². The van der Waals surface area contributed by atoms with E-state index in [1.54, 1.807) is 23.1 Å². The molecule has 1 amide bonds. The Kier molecular flexibility index (Phi) is 5.67. The van der Waals surface area contributed by atoms with Gasteiger partial charge in [-0.25, -0.2) is 0 Å². The number of benzene rings is 1. The van der Waals surface area contributed by atoms with Crippen LogP contribution in [0.4, 0.5) is 0 Å². The predicted octanol–water partition coefficient (Wildman–Crippen LogP) is 2.29. The van der Waals surface area contributed by atoms with Crippen LogP contribution >= 0.6 is 23.2 Å². The topological polar surface area (TPSA) is 53.0 Å². The molecule has 0 saturated carbocycles. The molecule has 0 unspecified atom stereocenters. The van der Waals surface area contributed by atoms with E-state index in [0.29, 0.717) is 35.3 Å². The number of carbonyl (C=O) groups is 1. The Morgan fingerprint density at radius 1 is 1.21 bits per heavy atom. The van der Waals surface area contributed by atoms with Gasteiger partial charge in [-0.15, -0.1) is 0 Å². The van der Waals surface area contributed by atoms with Crippen molar-refractivity contribution in [1.82, 2.24) is 9.80 Å². The number of amides is 1. The average Bonchev–Trinajstić information content (AvgIpc) is 2.97. The molecule has 2 aliphatic rings. The van der Waals surface area contributed by atoms with Gasteiger partial charge in [0.25, 0.3) is 5.91 Å². The van der Waals surface area contributed by atoms with E-state index >= 15 is 0 Å². The molecule has 0 bridgehead atoms. The maximum Gasteiger partial charge on any atom is 0.254 e. The Hall–Kier alpha value is -0.850. The molecule has 1 aromatic rings. The second kappa shape index (κ2) is 7.58. The number of likely N-dealkylation sites (tertiary alicyclic amines) is 1. The van der Waals surface area contributed by atoms with Gasteiger partial charge in [0.2, 0.25) is 0 Å². The Morgan fingerprint density at radius 2 is 1.96 bits per heavy atom. The monoisotopic (exact) mass is 372 g/mol. The Balaban J connectivity index is 1.73. The molecule has 3 rings (SSSR count). The summed E-state index contributed by atoms with van der Waals surface area (Å²) in [5.41, 5.74) is -0.581. The Morgan fingerprint density at radius 3 is 2.67 bits per heavy atom. The fourth-order valence-corrected chi connectivity index (χ4v) is 3.65. The van der Waals surface area contributed by atoms with E-state index in [4.69, 9.17) is 27.9 Å². The van der Waals surface area contributed by atoms with Crippen molar-refractivity contribution in [3.05, 3.63) is 33.8 Å². The Labute approximate surface area is 152 Å². The lowest BCUT2D eigenvalue weighted by molar-refractivity contribution is -0.0524. The molecule has 1 aromatic carbocycles. The summed E-state index contributed by atoms with van der Waals surface area (Å²) in [6, 6.07) is 4.83. The molecule has 132 valence electrons. The van der Waals surface area contributed by atoms with Gasteiger partial charge >= 0.3 is 0 Å². The fraction of sp³-hybridized carbons (Fsp3) is 0.588. The van der Waals surface area contributed by atoms with Gasteiger partial charge in [0.1, 0.15) is 5.60 Å². The molecule has 1 N–H and O–H groups in total. The highest BCUT2D eigenvalue weighted by molar-refractivity contribution is 6.42. The summed E-state index contributed by atoms with van der Waals surface area (Å²) in [5, 5.41) is 11.7. The van der Waals surface area contributed by atoms with Crippen molar-refractivity contribution < 1.29 is 14.6 Å². The number of ether oxygens (including phenoxy) is 1. The van der Waals surface area contributed by atoms with Crippen molar-refractivity contribution >= 4 is 29.1 Å². The number of hydrogen-bond acceptors (Lipinski definition) is 4. The third kappa shape index (κ3) is 4.21. The van der Waals surface area contributed by atoms with Crippen LogP contribution in [0.2, 0.25) is 10.0 Å². The largest absolute Gasteiger partial charge is 0.384 e. The molecule has 2 saturated heterocycles. The van der Waals surface area contributed by atoms with E-state index in [1.807, 2.05) is 0 Å². The summed E-state index contributed by atoms with van der Waals surface area (Å²) < 4.78 is 5.56. The van der Waals surface area contributed by atoms with E-state index in [2.05, 4.69) is 4.90 Å². The van der Waals surface area contributed by atoms with Crippen LogP contribution in [0.1, 0.15) is 23.2 Å². The molecule has 0 spiro atoms. The number of nitrogens with zero attached hydrogens (tertiary/aromatic N) is 2. The first kappa shape index (κ1) is 18.0. The second-order valence-corrected chi connectivity index (χ2v) is 7.43. The highest BCUT2D eigenvalue weighted by Gasteiger charge is 2.36. The van der Waals surface area contributed by atoms with Gasteiger partial charge < -0.3 is 19.6 Å². The lowest BCUT2D eigenvalue weighted by Crippen LogP contribution is -2.53. The van der Waals surface area contributed by atoms with Crippen molar-refractivity contribution in [2.24, 2.45) is 0 Å². The first-order valence-corrected chi connectivity index (χ1v) is 8.99. The van der Waals surface area contributed by atoms with Crippen LogP contribution < -0.4 is 0 Å². The van der Waals surface area contributed by atoms with E-state index in [1.165, 1.54) is 0 Å². The zero-order valence-corrected chi connectivity index (χ0v) is 15.0. The lowest BCUT2D eigenvalue weighted by Gasteiger charge is -2.34. The molecule has 24 heavy (non-hydrogen) atoms. The van der Waals surface area contributed by atoms with Crippen molar-refractivity contribution in [3.8, 4) is 0 Å².